The zero-order chi connectivity index (χ0) is 22.3. The van der Waals surface area contributed by atoms with Crippen LogP contribution in [-0.4, -0.2) is 27.0 Å². The molecular weight excluding hydrogens is 402 g/mol. The van der Waals surface area contributed by atoms with Gasteiger partial charge in [0.25, 0.3) is 10.0 Å². The van der Waals surface area contributed by atoms with Gasteiger partial charge in [-0.15, -0.1) is 0 Å². The summed E-state index contributed by atoms with van der Waals surface area (Å²) in [6.07, 6.45) is 1.20. The first-order chi connectivity index (χ1) is 14.2. The second-order valence-electron chi connectivity index (χ2n) is 6.73. The minimum absolute atomic E-state index is 0.0357. The van der Waals surface area contributed by atoms with Gasteiger partial charge < -0.3 is 11.1 Å². The molecule has 0 aromatic heterocycles. The Labute approximate surface area is 178 Å². The van der Waals surface area contributed by atoms with Gasteiger partial charge in [-0.2, -0.15) is 0 Å². The van der Waals surface area contributed by atoms with E-state index in [0.717, 1.165) is 16.7 Å². The van der Waals surface area contributed by atoms with Gasteiger partial charge in [-0.05, 0) is 62.1 Å². The number of benzene rings is 2. The van der Waals surface area contributed by atoms with Crippen molar-refractivity contribution in [2.24, 2.45) is 10.7 Å². The summed E-state index contributed by atoms with van der Waals surface area (Å²) in [7, 11) is -3.72. The number of guanidine groups is 1. The predicted molar refractivity (Wildman–Crippen MR) is 122 cm³/mol. The zero-order valence-electron chi connectivity index (χ0n) is 17.7. The Kier molecular flexibility index (Phi) is 7.82. The van der Waals surface area contributed by atoms with Crippen LogP contribution in [0, 0.1) is 6.92 Å². The molecule has 0 radical (unpaired) electrons. The third kappa shape index (κ3) is 5.96. The SMILES string of the molecule is CCN=C(N)NC(=O)Nc1c(CC)cc(NS(=O)(=O)c2ccc(C)cc2)cc1CC. The first kappa shape index (κ1) is 23.2. The van der Waals surface area contributed by atoms with Crippen molar-refractivity contribution in [3.63, 3.8) is 0 Å². The van der Waals surface area contributed by atoms with E-state index in [-0.39, 0.29) is 10.9 Å². The number of nitrogens with two attached hydrogens (primary N) is 1. The smallest absolute Gasteiger partial charge is 0.326 e. The Morgan fingerprint density at radius 3 is 2.10 bits per heavy atom. The number of aryl methyl sites for hydroxylation is 3. The van der Waals surface area contributed by atoms with Gasteiger partial charge in [-0.1, -0.05) is 31.5 Å². The van der Waals surface area contributed by atoms with E-state index in [0.29, 0.717) is 30.8 Å². The monoisotopic (exact) mass is 431 g/mol. The number of sulfonamides is 1. The van der Waals surface area contributed by atoms with Crippen molar-refractivity contribution in [3.05, 3.63) is 53.1 Å². The topological polar surface area (TPSA) is 126 Å². The first-order valence-electron chi connectivity index (χ1n) is 9.83. The van der Waals surface area contributed by atoms with Crippen LogP contribution in [-0.2, 0) is 22.9 Å². The van der Waals surface area contributed by atoms with Crippen molar-refractivity contribution in [1.29, 1.82) is 0 Å². The van der Waals surface area contributed by atoms with E-state index in [9.17, 15) is 13.2 Å². The van der Waals surface area contributed by atoms with Gasteiger partial charge in [0, 0.05) is 17.9 Å². The Morgan fingerprint density at radius 2 is 1.60 bits per heavy atom. The van der Waals surface area contributed by atoms with E-state index < -0.39 is 16.1 Å². The molecule has 0 fully saturated rings. The molecule has 2 amide bonds. The molecule has 2 rings (SSSR count). The summed E-state index contributed by atoms with van der Waals surface area (Å²) in [5.74, 6) is 0.0357. The number of nitrogens with one attached hydrogen (secondary N) is 3. The number of hydrogen-bond acceptors (Lipinski definition) is 4. The van der Waals surface area contributed by atoms with Crippen LogP contribution in [0.1, 0.15) is 37.5 Å². The van der Waals surface area contributed by atoms with Crippen LogP contribution in [0.25, 0.3) is 0 Å². The molecule has 2 aromatic rings. The Balaban J connectivity index is 2.33. The normalized spacial score (nSPS) is 11.8. The average molecular weight is 432 g/mol. The molecule has 0 aliphatic rings. The van der Waals surface area contributed by atoms with E-state index in [2.05, 4.69) is 20.3 Å². The molecule has 0 aliphatic carbocycles. The first-order valence-corrected chi connectivity index (χ1v) is 11.3. The lowest BCUT2D eigenvalue weighted by atomic mass is 10.0. The Morgan fingerprint density at radius 1 is 1.03 bits per heavy atom. The second kappa shape index (κ2) is 10.1. The number of nitrogens with zero attached hydrogens (tertiary/aromatic N) is 1. The molecule has 30 heavy (non-hydrogen) atoms. The summed E-state index contributed by atoms with van der Waals surface area (Å²) >= 11 is 0. The minimum atomic E-state index is -3.72. The summed E-state index contributed by atoms with van der Waals surface area (Å²) in [6.45, 7) is 8.04. The van der Waals surface area contributed by atoms with E-state index >= 15 is 0 Å². The number of carbonyl (C=O) groups excluding carboxylic acids is 1. The third-order valence-corrected chi connectivity index (χ3v) is 5.85. The lowest BCUT2D eigenvalue weighted by Gasteiger charge is -2.18. The summed E-state index contributed by atoms with van der Waals surface area (Å²) in [5.41, 5.74) is 9.31. The fourth-order valence-corrected chi connectivity index (χ4v) is 3.99. The fraction of sp³-hybridized carbons (Fsp3) is 0.333. The minimum Gasteiger partial charge on any atom is -0.370 e. The molecule has 0 spiro atoms. The maximum absolute atomic E-state index is 12.7. The highest BCUT2D eigenvalue weighted by Crippen LogP contribution is 2.29. The predicted octanol–water partition coefficient (Wildman–Crippen LogP) is 3.38. The zero-order valence-corrected chi connectivity index (χ0v) is 18.6. The van der Waals surface area contributed by atoms with Crippen LogP contribution in [0.5, 0.6) is 0 Å². The van der Waals surface area contributed by atoms with Gasteiger partial charge in [-0.25, -0.2) is 13.2 Å². The number of rotatable bonds is 7. The van der Waals surface area contributed by atoms with Gasteiger partial charge >= 0.3 is 6.03 Å². The van der Waals surface area contributed by atoms with Gasteiger partial charge in [0.1, 0.15) is 0 Å². The number of anilines is 2. The third-order valence-electron chi connectivity index (χ3n) is 4.46. The molecule has 0 saturated carbocycles. The summed E-state index contributed by atoms with van der Waals surface area (Å²) in [6, 6.07) is 9.60. The number of carbonyl (C=O) groups is 1. The lowest BCUT2D eigenvalue weighted by Crippen LogP contribution is -2.40. The average Bonchev–Trinajstić information content (AvgIpc) is 2.68. The van der Waals surface area contributed by atoms with Crippen LogP contribution in [0.4, 0.5) is 16.2 Å². The molecular formula is C21H29N5O3S. The molecule has 0 unspecified atom stereocenters. The molecule has 0 heterocycles. The highest BCUT2D eigenvalue weighted by atomic mass is 32.2. The second-order valence-corrected chi connectivity index (χ2v) is 8.42. The molecule has 2 aromatic carbocycles. The molecule has 9 heteroatoms. The fourth-order valence-electron chi connectivity index (χ4n) is 2.95. The highest BCUT2D eigenvalue weighted by molar-refractivity contribution is 7.92. The highest BCUT2D eigenvalue weighted by Gasteiger charge is 2.17. The molecule has 8 nitrogen and oxygen atoms in total. The van der Waals surface area contributed by atoms with Gasteiger partial charge in [0.15, 0.2) is 5.96 Å². The lowest BCUT2D eigenvalue weighted by molar-refractivity contribution is 0.256. The van der Waals surface area contributed by atoms with Crippen LogP contribution in [0.3, 0.4) is 0 Å². The molecule has 162 valence electrons. The van der Waals surface area contributed by atoms with Crippen molar-refractivity contribution in [3.8, 4) is 0 Å². The van der Waals surface area contributed by atoms with Crippen molar-refractivity contribution < 1.29 is 13.2 Å². The number of urea groups is 1. The standard InChI is InChI=1S/C21H29N5O3S/c1-5-15-12-17(26-30(28,29)18-10-8-14(4)9-11-18)13-16(6-2)19(15)24-21(27)25-20(22)23-7-3/h8-13,26H,5-7H2,1-4H3,(H4,22,23,24,25,27). The summed E-state index contributed by atoms with van der Waals surface area (Å²) in [4.78, 5) is 16.4. The molecule has 0 bridgehead atoms. The number of amides is 2. The van der Waals surface area contributed by atoms with Crippen LogP contribution < -0.4 is 21.1 Å². The van der Waals surface area contributed by atoms with Crippen LogP contribution in [0.2, 0.25) is 0 Å². The van der Waals surface area contributed by atoms with Crippen molar-refractivity contribution in [2.45, 2.75) is 45.4 Å². The summed E-state index contributed by atoms with van der Waals surface area (Å²) in [5, 5.41) is 5.29. The Hall–Kier alpha value is -3.07. The molecule has 5 N–H and O–H groups in total. The maximum atomic E-state index is 12.7. The van der Waals surface area contributed by atoms with Gasteiger partial charge in [0.2, 0.25) is 0 Å². The van der Waals surface area contributed by atoms with E-state index in [1.165, 1.54) is 0 Å². The van der Waals surface area contributed by atoms with Crippen molar-refractivity contribution in [2.75, 3.05) is 16.6 Å². The quantitative estimate of drug-likeness (QED) is 0.396. The van der Waals surface area contributed by atoms with Gasteiger partial charge in [0.05, 0.1) is 4.90 Å². The number of aliphatic imine (C=N–C) groups is 1. The van der Waals surface area contributed by atoms with Crippen molar-refractivity contribution >= 4 is 33.4 Å². The van der Waals surface area contributed by atoms with E-state index in [1.54, 1.807) is 36.4 Å². The maximum Gasteiger partial charge on any atom is 0.326 e. The van der Waals surface area contributed by atoms with Crippen LogP contribution in [0.15, 0.2) is 46.3 Å². The molecule has 0 atom stereocenters. The summed E-state index contributed by atoms with van der Waals surface area (Å²) < 4.78 is 28.1. The Bertz CT molecular complexity index is 1010. The van der Waals surface area contributed by atoms with Crippen molar-refractivity contribution in [1.82, 2.24) is 5.32 Å². The number of hydrogen-bond donors (Lipinski definition) is 4. The van der Waals surface area contributed by atoms with E-state index in [4.69, 9.17) is 5.73 Å². The van der Waals surface area contributed by atoms with Gasteiger partial charge in [-0.3, -0.25) is 15.0 Å². The van der Waals surface area contributed by atoms with Crippen LogP contribution >= 0.6 is 0 Å². The van der Waals surface area contributed by atoms with E-state index in [1.807, 2.05) is 27.7 Å². The molecule has 0 saturated heterocycles. The molecule has 0 aliphatic heterocycles. The largest absolute Gasteiger partial charge is 0.370 e.